The fraction of sp³-hybridized carbons (Fsp3) is 0.176. The lowest BCUT2D eigenvalue weighted by atomic mass is 10.2. The van der Waals surface area contributed by atoms with E-state index >= 15 is 0 Å². The average Bonchev–Trinajstić information content (AvgIpc) is 2.48. The van der Waals surface area contributed by atoms with E-state index in [1.807, 2.05) is 6.92 Å². The molecule has 0 saturated heterocycles. The van der Waals surface area contributed by atoms with Gasteiger partial charge in [0.25, 0.3) is 0 Å². The third kappa shape index (κ3) is 4.11. The zero-order chi connectivity index (χ0) is 15.3. The summed E-state index contributed by atoms with van der Waals surface area (Å²) in [4.78, 5) is 0.303. The Hall–Kier alpha value is -2.25. The van der Waals surface area contributed by atoms with Crippen molar-refractivity contribution in [3.05, 3.63) is 59.7 Å². The predicted octanol–water partition coefficient (Wildman–Crippen LogP) is 2.83. The summed E-state index contributed by atoms with van der Waals surface area (Å²) in [6.45, 7) is 1.92. The van der Waals surface area contributed by atoms with Gasteiger partial charge in [-0.3, -0.25) is 0 Å². The van der Waals surface area contributed by atoms with Crippen LogP contribution < -0.4 is 4.74 Å². The molecule has 4 heteroatoms. The van der Waals surface area contributed by atoms with Crippen molar-refractivity contribution in [1.29, 1.82) is 0 Å². The highest BCUT2D eigenvalue weighted by molar-refractivity contribution is 7.91. The van der Waals surface area contributed by atoms with Gasteiger partial charge in [0, 0.05) is 5.56 Å². The Kier molecular flexibility index (Phi) is 4.66. The van der Waals surface area contributed by atoms with Crippen LogP contribution >= 0.6 is 0 Å². The summed E-state index contributed by atoms with van der Waals surface area (Å²) in [5.74, 6) is 6.11. The number of ether oxygens (including phenoxy) is 1. The molecule has 0 unspecified atom stereocenters. The van der Waals surface area contributed by atoms with Crippen LogP contribution in [0.15, 0.2) is 53.4 Å². The van der Waals surface area contributed by atoms with Crippen molar-refractivity contribution < 1.29 is 13.2 Å². The molecule has 2 aromatic carbocycles. The van der Waals surface area contributed by atoms with Crippen molar-refractivity contribution in [2.75, 3.05) is 12.9 Å². The SMILES string of the molecule is COc1ccc(C#CCS(=O)(=O)c2ccc(C)cc2)cc1. The van der Waals surface area contributed by atoms with E-state index in [-0.39, 0.29) is 5.75 Å². The maximum atomic E-state index is 12.1. The number of hydrogen-bond acceptors (Lipinski definition) is 3. The minimum Gasteiger partial charge on any atom is -0.497 e. The Morgan fingerprint density at radius 3 is 2.19 bits per heavy atom. The van der Waals surface area contributed by atoms with Crippen molar-refractivity contribution in [1.82, 2.24) is 0 Å². The summed E-state index contributed by atoms with van der Waals surface area (Å²) in [7, 11) is -1.77. The van der Waals surface area contributed by atoms with Crippen molar-refractivity contribution in [2.45, 2.75) is 11.8 Å². The minimum atomic E-state index is -3.36. The first-order valence-corrected chi connectivity index (χ1v) is 8.09. The Morgan fingerprint density at radius 2 is 1.62 bits per heavy atom. The lowest BCUT2D eigenvalue weighted by Gasteiger charge is -2.00. The van der Waals surface area contributed by atoms with Gasteiger partial charge in [-0.05, 0) is 43.3 Å². The summed E-state index contributed by atoms with van der Waals surface area (Å²) in [5.41, 5.74) is 1.79. The first kappa shape index (κ1) is 15.1. The first-order chi connectivity index (χ1) is 10.0. The fourth-order valence-electron chi connectivity index (χ4n) is 1.74. The number of benzene rings is 2. The molecule has 3 nitrogen and oxygen atoms in total. The van der Waals surface area contributed by atoms with Gasteiger partial charge in [0.1, 0.15) is 11.5 Å². The monoisotopic (exact) mass is 300 g/mol. The fourth-order valence-corrected chi connectivity index (χ4v) is 2.72. The second-order valence-corrected chi connectivity index (χ2v) is 6.59. The summed E-state index contributed by atoms with van der Waals surface area (Å²) < 4.78 is 29.3. The lowest BCUT2D eigenvalue weighted by Crippen LogP contribution is -2.04. The molecule has 0 aromatic heterocycles. The van der Waals surface area contributed by atoms with Gasteiger partial charge in [0.05, 0.1) is 12.0 Å². The molecular weight excluding hydrogens is 284 g/mol. The van der Waals surface area contributed by atoms with Gasteiger partial charge in [-0.1, -0.05) is 29.5 Å². The minimum absolute atomic E-state index is 0.192. The standard InChI is InChI=1S/C17H16O3S/c1-14-5-11-17(12-6-14)21(18,19)13-3-4-15-7-9-16(20-2)10-8-15/h5-12H,13H2,1-2H3. The number of sulfone groups is 1. The zero-order valence-electron chi connectivity index (χ0n) is 12.0. The van der Waals surface area contributed by atoms with Crippen LogP contribution in [-0.4, -0.2) is 21.3 Å². The van der Waals surface area contributed by atoms with Gasteiger partial charge < -0.3 is 4.74 Å². The van der Waals surface area contributed by atoms with E-state index in [1.165, 1.54) is 0 Å². The highest BCUT2D eigenvalue weighted by Gasteiger charge is 2.11. The quantitative estimate of drug-likeness (QED) is 0.819. The van der Waals surface area contributed by atoms with Crippen LogP contribution in [0.3, 0.4) is 0 Å². The van der Waals surface area contributed by atoms with Crippen molar-refractivity contribution in [2.24, 2.45) is 0 Å². The maximum Gasteiger partial charge on any atom is 0.189 e. The van der Waals surface area contributed by atoms with Crippen LogP contribution in [0.5, 0.6) is 5.75 Å². The van der Waals surface area contributed by atoms with Crippen molar-refractivity contribution >= 4 is 9.84 Å². The predicted molar refractivity (Wildman–Crippen MR) is 83.1 cm³/mol. The molecule has 0 spiro atoms. The van der Waals surface area contributed by atoms with E-state index in [2.05, 4.69) is 11.8 Å². The molecule has 0 aliphatic heterocycles. The number of methoxy groups -OCH3 is 1. The maximum absolute atomic E-state index is 12.1. The Morgan fingerprint density at radius 1 is 1.00 bits per heavy atom. The van der Waals surface area contributed by atoms with Gasteiger partial charge in [-0.25, -0.2) is 8.42 Å². The molecule has 108 valence electrons. The first-order valence-electron chi connectivity index (χ1n) is 6.43. The Balaban J connectivity index is 2.11. The van der Waals surface area contributed by atoms with Crippen LogP contribution in [0.4, 0.5) is 0 Å². The molecule has 0 amide bonds. The van der Waals surface area contributed by atoms with Gasteiger partial charge in [-0.15, -0.1) is 0 Å². The average molecular weight is 300 g/mol. The van der Waals surface area contributed by atoms with E-state index in [0.717, 1.165) is 16.9 Å². The molecule has 0 fully saturated rings. The topological polar surface area (TPSA) is 43.4 Å². The van der Waals surface area contributed by atoms with Gasteiger partial charge in [-0.2, -0.15) is 0 Å². The largest absolute Gasteiger partial charge is 0.497 e. The summed E-state index contributed by atoms with van der Waals surface area (Å²) in [6, 6.07) is 14.0. The molecule has 0 saturated carbocycles. The van der Waals surface area contributed by atoms with E-state index in [9.17, 15) is 8.42 Å². The third-order valence-electron chi connectivity index (χ3n) is 2.97. The lowest BCUT2D eigenvalue weighted by molar-refractivity contribution is 0.415. The molecule has 2 aromatic rings. The summed E-state index contributed by atoms with van der Waals surface area (Å²) in [6.07, 6.45) is 0. The van der Waals surface area contributed by atoms with Crippen LogP contribution in [0.25, 0.3) is 0 Å². The second kappa shape index (κ2) is 6.47. The van der Waals surface area contributed by atoms with Gasteiger partial charge in [0.2, 0.25) is 0 Å². The Labute approximate surface area is 125 Å². The van der Waals surface area contributed by atoms with Crippen molar-refractivity contribution in [3.63, 3.8) is 0 Å². The normalized spacial score (nSPS) is 10.6. The van der Waals surface area contributed by atoms with Gasteiger partial charge in [0.15, 0.2) is 9.84 Å². The smallest absolute Gasteiger partial charge is 0.189 e. The molecule has 0 aliphatic carbocycles. The van der Waals surface area contributed by atoms with Crippen LogP contribution in [0.1, 0.15) is 11.1 Å². The number of rotatable bonds is 3. The number of aryl methyl sites for hydroxylation is 1. The van der Waals surface area contributed by atoms with E-state index in [4.69, 9.17) is 4.74 Å². The molecule has 0 aliphatic rings. The Bertz CT molecular complexity index is 762. The molecule has 0 atom stereocenters. The van der Waals surface area contributed by atoms with Crippen molar-refractivity contribution in [3.8, 4) is 17.6 Å². The van der Waals surface area contributed by atoms with Crippen LogP contribution in [0.2, 0.25) is 0 Å². The van der Waals surface area contributed by atoms with E-state index in [1.54, 1.807) is 55.6 Å². The second-order valence-electron chi connectivity index (χ2n) is 4.60. The van der Waals surface area contributed by atoms with Crippen LogP contribution in [0, 0.1) is 18.8 Å². The molecule has 0 heterocycles. The molecular formula is C17H16O3S. The molecule has 0 N–H and O–H groups in total. The summed E-state index contributed by atoms with van der Waals surface area (Å²) >= 11 is 0. The molecule has 0 radical (unpaired) electrons. The van der Waals surface area contributed by atoms with E-state index < -0.39 is 9.84 Å². The summed E-state index contributed by atoms with van der Waals surface area (Å²) in [5, 5.41) is 0. The molecule has 0 bridgehead atoms. The van der Waals surface area contributed by atoms with E-state index in [0.29, 0.717) is 4.90 Å². The van der Waals surface area contributed by atoms with Gasteiger partial charge >= 0.3 is 0 Å². The highest BCUT2D eigenvalue weighted by atomic mass is 32.2. The highest BCUT2D eigenvalue weighted by Crippen LogP contribution is 2.12. The van der Waals surface area contributed by atoms with Crippen LogP contribution in [-0.2, 0) is 9.84 Å². The number of hydrogen-bond donors (Lipinski definition) is 0. The molecule has 21 heavy (non-hydrogen) atoms. The zero-order valence-corrected chi connectivity index (χ0v) is 12.8. The third-order valence-corrected chi connectivity index (χ3v) is 4.48. The molecule has 2 rings (SSSR count).